The minimum Gasteiger partial charge on any atom is -0.361 e. The Morgan fingerprint density at radius 3 is 2.71 bits per heavy atom. The Balaban J connectivity index is 1.68. The summed E-state index contributed by atoms with van der Waals surface area (Å²) in [5, 5.41) is 4.08. The van der Waals surface area contributed by atoms with Crippen molar-refractivity contribution in [1.82, 2.24) is 24.9 Å². The van der Waals surface area contributed by atoms with E-state index in [2.05, 4.69) is 24.9 Å². The highest BCUT2D eigenvalue weighted by molar-refractivity contribution is 5.85. The monoisotopic (exact) mass is 384 g/mol. The van der Waals surface area contributed by atoms with Crippen LogP contribution in [0.3, 0.4) is 0 Å². The van der Waals surface area contributed by atoms with Gasteiger partial charge in [-0.05, 0) is 32.8 Å². The zero-order valence-corrected chi connectivity index (χ0v) is 17.1. The lowest BCUT2D eigenvalue weighted by atomic mass is 9.74. The molecule has 2 aliphatic heterocycles. The SMILES string of the molecule is Cc1noc(C)c1CN1C[C@H]2N(c3ncccn3)CCC[C@@]2(C(=O)N(C)C)C1. The normalized spacial score (nSPS) is 25.0. The summed E-state index contributed by atoms with van der Waals surface area (Å²) in [5.74, 6) is 1.75. The largest absolute Gasteiger partial charge is 0.361 e. The maximum Gasteiger partial charge on any atom is 0.231 e. The average molecular weight is 384 g/mol. The van der Waals surface area contributed by atoms with Crippen LogP contribution in [-0.2, 0) is 11.3 Å². The highest BCUT2D eigenvalue weighted by Crippen LogP contribution is 2.44. The number of hydrogen-bond acceptors (Lipinski definition) is 7. The lowest BCUT2D eigenvalue weighted by Crippen LogP contribution is -2.58. The van der Waals surface area contributed by atoms with Crippen molar-refractivity contribution in [2.75, 3.05) is 38.6 Å². The standard InChI is InChI=1S/C20H28N6O2/c1-14-16(15(2)28-23-14)11-25-12-17-20(13-25,18(27)24(3)4)7-5-10-26(17)19-21-8-6-9-22-19/h6,8-9,17H,5,7,10-13H2,1-4H3/t17-,20-/m1/s1. The third-order valence-corrected chi connectivity index (χ3v) is 6.18. The van der Waals surface area contributed by atoms with Crippen molar-refractivity contribution in [2.24, 2.45) is 5.41 Å². The number of rotatable bonds is 4. The minimum atomic E-state index is -0.445. The Bertz CT molecular complexity index is 832. The second kappa shape index (κ2) is 7.16. The van der Waals surface area contributed by atoms with Crippen LogP contribution in [0.15, 0.2) is 23.0 Å². The molecule has 2 saturated heterocycles. The molecule has 8 heteroatoms. The molecule has 0 radical (unpaired) electrons. The fraction of sp³-hybridized carbons (Fsp3) is 0.600. The number of likely N-dealkylation sites (tertiary alicyclic amines) is 1. The summed E-state index contributed by atoms with van der Waals surface area (Å²) < 4.78 is 5.34. The van der Waals surface area contributed by atoms with Gasteiger partial charge in [0, 0.05) is 58.2 Å². The fourth-order valence-corrected chi connectivity index (χ4v) is 4.86. The van der Waals surface area contributed by atoms with E-state index in [1.165, 1.54) is 0 Å². The Kier molecular flexibility index (Phi) is 4.82. The Hall–Kier alpha value is -2.48. The molecule has 1 amide bonds. The highest BCUT2D eigenvalue weighted by Gasteiger charge is 2.56. The van der Waals surface area contributed by atoms with Crippen LogP contribution in [0.1, 0.15) is 29.9 Å². The molecule has 2 atom stereocenters. The molecular weight excluding hydrogens is 356 g/mol. The van der Waals surface area contributed by atoms with Crippen LogP contribution >= 0.6 is 0 Å². The molecule has 150 valence electrons. The molecule has 0 aromatic carbocycles. The van der Waals surface area contributed by atoms with Gasteiger partial charge in [-0.15, -0.1) is 0 Å². The molecule has 2 fully saturated rings. The summed E-state index contributed by atoms with van der Waals surface area (Å²) in [6.07, 6.45) is 5.37. The molecule has 8 nitrogen and oxygen atoms in total. The number of carbonyl (C=O) groups is 1. The van der Waals surface area contributed by atoms with E-state index in [-0.39, 0.29) is 11.9 Å². The van der Waals surface area contributed by atoms with Crippen molar-refractivity contribution in [3.63, 3.8) is 0 Å². The maximum atomic E-state index is 13.4. The minimum absolute atomic E-state index is 0.0547. The average Bonchev–Trinajstić information content (AvgIpc) is 3.23. The summed E-state index contributed by atoms with van der Waals surface area (Å²) >= 11 is 0. The van der Waals surface area contributed by atoms with E-state index in [0.717, 1.165) is 56.0 Å². The van der Waals surface area contributed by atoms with Crippen LogP contribution in [0.5, 0.6) is 0 Å². The molecule has 0 N–H and O–H groups in total. The van der Waals surface area contributed by atoms with Crippen molar-refractivity contribution in [2.45, 2.75) is 39.3 Å². The third kappa shape index (κ3) is 3.05. The predicted molar refractivity (Wildman–Crippen MR) is 105 cm³/mol. The smallest absolute Gasteiger partial charge is 0.231 e. The van der Waals surface area contributed by atoms with E-state index < -0.39 is 5.41 Å². The number of nitrogens with zero attached hydrogens (tertiary/aromatic N) is 6. The summed E-state index contributed by atoms with van der Waals surface area (Å²) in [6.45, 7) is 7.05. The molecule has 2 aliphatic rings. The van der Waals surface area contributed by atoms with E-state index in [1.807, 2.05) is 34.0 Å². The van der Waals surface area contributed by atoms with Crippen LogP contribution in [0.2, 0.25) is 0 Å². The van der Waals surface area contributed by atoms with Gasteiger partial charge in [0.2, 0.25) is 11.9 Å². The van der Waals surface area contributed by atoms with Gasteiger partial charge in [0.1, 0.15) is 5.76 Å². The van der Waals surface area contributed by atoms with Gasteiger partial charge in [-0.25, -0.2) is 9.97 Å². The van der Waals surface area contributed by atoms with Crippen molar-refractivity contribution in [3.8, 4) is 0 Å². The topological polar surface area (TPSA) is 78.6 Å². The molecule has 2 aromatic heterocycles. The van der Waals surface area contributed by atoms with Crippen molar-refractivity contribution < 1.29 is 9.32 Å². The number of aromatic nitrogens is 3. The molecular formula is C20H28N6O2. The van der Waals surface area contributed by atoms with Gasteiger partial charge in [0.15, 0.2) is 0 Å². The molecule has 4 rings (SSSR count). The Morgan fingerprint density at radius 2 is 2.07 bits per heavy atom. The van der Waals surface area contributed by atoms with Gasteiger partial charge >= 0.3 is 0 Å². The van der Waals surface area contributed by atoms with Crippen LogP contribution < -0.4 is 4.90 Å². The molecule has 2 aromatic rings. The second-order valence-corrected chi connectivity index (χ2v) is 8.19. The zero-order valence-electron chi connectivity index (χ0n) is 17.1. The fourth-order valence-electron chi connectivity index (χ4n) is 4.86. The van der Waals surface area contributed by atoms with Crippen LogP contribution in [0.4, 0.5) is 5.95 Å². The first-order chi connectivity index (χ1) is 13.4. The number of anilines is 1. The first-order valence-corrected chi connectivity index (χ1v) is 9.82. The van der Waals surface area contributed by atoms with Gasteiger partial charge in [-0.1, -0.05) is 5.16 Å². The third-order valence-electron chi connectivity index (χ3n) is 6.18. The van der Waals surface area contributed by atoms with E-state index in [4.69, 9.17) is 4.52 Å². The molecule has 0 bridgehead atoms. The Morgan fingerprint density at radius 1 is 1.32 bits per heavy atom. The molecule has 0 unspecified atom stereocenters. The lowest BCUT2D eigenvalue weighted by molar-refractivity contribution is -0.140. The van der Waals surface area contributed by atoms with E-state index >= 15 is 0 Å². The summed E-state index contributed by atoms with van der Waals surface area (Å²) in [7, 11) is 3.70. The maximum absolute atomic E-state index is 13.4. The molecule has 4 heterocycles. The van der Waals surface area contributed by atoms with E-state index in [9.17, 15) is 4.79 Å². The van der Waals surface area contributed by atoms with Gasteiger partial charge in [-0.2, -0.15) is 0 Å². The van der Waals surface area contributed by atoms with Gasteiger partial charge in [-0.3, -0.25) is 9.69 Å². The van der Waals surface area contributed by atoms with Crippen LogP contribution in [0.25, 0.3) is 0 Å². The van der Waals surface area contributed by atoms with Crippen molar-refractivity contribution in [1.29, 1.82) is 0 Å². The molecule has 0 saturated carbocycles. The Labute approximate surface area is 165 Å². The lowest BCUT2D eigenvalue weighted by Gasteiger charge is -2.45. The van der Waals surface area contributed by atoms with E-state index in [1.54, 1.807) is 17.3 Å². The van der Waals surface area contributed by atoms with Crippen molar-refractivity contribution in [3.05, 3.63) is 35.5 Å². The predicted octanol–water partition coefficient (Wildman–Crippen LogP) is 1.64. The number of piperidine rings is 1. The van der Waals surface area contributed by atoms with E-state index in [0.29, 0.717) is 5.95 Å². The van der Waals surface area contributed by atoms with Crippen molar-refractivity contribution >= 4 is 11.9 Å². The molecule has 0 spiro atoms. The second-order valence-electron chi connectivity index (χ2n) is 8.19. The number of fused-ring (bicyclic) bond motifs is 1. The zero-order chi connectivity index (χ0) is 19.9. The van der Waals surface area contributed by atoms with Gasteiger partial charge < -0.3 is 14.3 Å². The summed E-state index contributed by atoms with van der Waals surface area (Å²) in [5.41, 5.74) is 1.59. The van der Waals surface area contributed by atoms with Gasteiger partial charge in [0.25, 0.3) is 0 Å². The molecule has 0 aliphatic carbocycles. The van der Waals surface area contributed by atoms with Crippen LogP contribution in [-0.4, -0.2) is 70.6 Å². The number of carbonyl (C=O) groups excluding carboxylic acids is 1. The first kappa shape index (κ1) is 18.9. The number of aryl methyl sites for hydroxylation is 2. The van der Waals surface area contributed by atoms with Crippen LogP contribution in [0, 0.1) is 19.3 Å². The molecule has 28 heavy (non-hydrogen) atoms. The number of hydrogen-bond donors (Lipinski definition) is 0. The van der Waals surface area contributed by atoms with Gasteiger partial charge in [0.05, 0.1) is 17.2 Å². The summed E-state index contributed by atoms with van der Waals surface area (Å²) in [4.78, 5) is 28.6. The number of amides is 1. The first-order valence-electron chi connectivity index (χ1n) is 9.82. The quantitative estimate of drug-likeness (QED) is 0.793. The highest BCUT2D eigenvalue weighted by atomic mass is 16.5. The summed E-state index contributed by atoms with van der Waals surface area (Å²) in [6, 6.07) is 1.88.